The summed E-state index contributed by atoms with van der Waals surface area (Å²) in [5.74, 6) is 1.62. The van der Waals surface area contributed by atoms with E-state index in [1.165, 1.54) is 18.4 Å². The van der Waals surface area contributed by atoms with Gasteiger partial charge in [0.1, 0.15) is 17.1 Å². The van der Waals surface area contributed by atoms with Crippen LogP contribution < -0.4 is 4.74 Å². The molecule has 4 rings (SSSR count). The number of H-pyrrole nitrogens is 1. The van der Waals surface area contributed by atoms with Crippen LogP contribution in [0.3, 0.4) is 0 Å². The Morgan fingerprint density at radius 3 is 2.61 bits per heavy atom. The summed E-state index contributed by atoms with van der Waals surface area (Å²) < 4.78 is 31.5. The Balaban J connectivity index is 1.60. The van der Waals surface area contributed by atoms with Gasteiger partial charge < -0.3 is 9.72 Å². The number of fused-ring (bicyclic) bond motifs is 1. The number of rotatable bonds is 8. The average Bonchev–Trinajstić information content (AvgIpc) is 3.24. The lowest BCUT2D eigenvalue weighted by Crippen LogP contribution is -2.22. The maximum absolute atomic E-state index is 12.5. The molecule has 0 aliphatic rings. The quantitative estimate of drug-likeness (QED) is 0.426. The number of ether oxygens (including phenoxy) is 1. The molecule has 0 amide bonds. The van der Waals surface area contributed by atoms with Gasteiger partial charge in [-0.1, -0.05) is 13.0 Å². The molecule has 0 saturated carbocycles. The fourth-order valence-electron chi connectivity index (χ4n) is 3.69. The third-order valence-electron chi connectivity index (χ3n) is 5.57. The molecule has 3 aromatic heterocycles. The summed E-state index contributed by atoms with van der Waals surface area (Å²) in [6.45, 7) is 2.01. The van der Waals surface area contributed by atoms with Crippen molar-refractivity contribution >= 4 is 21.2 Å². The van der Waals surface area contributed by atoms with Crippen molar-refractivity contribution in [3.63, 3.8) is 0 Å². The lowest BCUT2D eigenvalue weighted by atomic mass is 9.99. The van der Waals surface area contributed by atoms with Gasteiger partial charge in [-0.2, -0.15) is 0 Å². The zero-order valence-electron chi connectivity index (χ0n) is 19.2. The molecule has 3 heterocycles. The molecule has 0 saturated heterocycles. The van der Waals surface area contributed by atoms with Crippen LogP contribution in [-0.2, 0) is 29.3 Å². The molecule has 1 aromatic carbocycles. The number of hydrogen-bond acceptors (Lipinski definition) is 6. The summed E-state index contributed by atoms with van der Waals surface area (Å²) in [5, 5.41) is 0. The largest absolute Gasteiger partial charge is 0.497 e. The van der Waals surface area contributed by atoms with Crippen molar-refractivity contribution in [3.8, 4) is 16.9 Å². The first-order valence-electron chi connectivity index (χ1n) is 10.7. The van der Waals surface area contributed by atoms with Gasteiger partial charge in [0.25, 0.3) is 0 Å². The number of hydrogen-bond donors (Lipinski definition) is 1. The molecule has 0 atom stereocenters. The van der Waals surface area contributed by atoms with E-state index >= 15 is 0 Å². The van der Waals surface area contributed by atoms with E-state index < -0.39 is 10.0 Å². The van der Waals surface area contributed by atoms with Crippen LogP contribution in [0.2, 0.25) is 0 Å². The maximum Gasteiger partial charge on any atom is 0.242 e. The zero-order valence-corrected chi connectivity index (χ0v) is 20.0. The molecular formula is C24H27N5O3S. The highest BCUT2D eigenvalue weighted by Gasteiger charge is 2.19. The highest BCUT2D eigenvalue weighted by molar-refractivity contribution is 7.89. The van der Waals surface area contributed by atoms with Gasteiger partial charge in [0.05, 0.1) is 12.0 Å². The molecule has 4 aromatic rings. The Hall–Kier alpha value is -3.30. The normalized spacial score (nSPS) is 11.9. The zero-order chi connectivity index (χ0) is 23.6. The Labute approximate surface area is 193 Å². The Bertz CT molecular complexity index is 1400. The van der Waals surface area contributed by atoms with E-state index in [0.29, 0.717) is 12.8 Å². The minimum absolute atomic E-state index is 0.287. The minimum Gasteiger partial charge on any atom is -0.497 e. The molecule has 8 nitrogen and oxygen atoms in total. The van der Waals surface area contributed by atoms with Gasteiger partial charge >= 0.3 is 0 Å². The molecule has 1 N–H and O–H groups in total. The number of aryl methyl sites for hydroxylation is 3. The number of aromatic nitrogens is 4. The summed E-state index contributed by atoms with van der Waals surface area (Å²) in [5.41, 5.74) is 5.23. The lowest BCUT2D eigenvalue weighted by molar-refractivity contribution is 0.413. The van der Waals surface area contributed by atoms with Gasteiger partial charge in [0.2, 0.25) is 10.0 Å². The average molecular weight is 466 g/mol. The van der Waals surface area contributed by atoms with Crippen molar-refractivity contribution < 1.29 is 13.2 Å². The fourth-order valence-corrected chi connectivity index (χ4v) is 4.64. The van der Waals surface area contributed by atoms with Crippen molar-refractivity contribution in [1.29, 1.82) is 0 Å². The number of pyridine rings is 2. The molecule has 0 fully saturated rings. The van der Waals surface area contributed by atoms with E-state index in [0.717, 1.165) is 51.5 Å². The van der Waals surface area contributed by atoms with Gasteiger partial charge in [-0.05, 0) is 48.2 Å². The summed E-state index contributed by atoms with van der Waals surface area (Å²) in [7, 11) is 1.22. The summed E-state index contributed by atoms with van der Waals surface area (Å²) in [4.78, 5) is 17.2. The lowest BCUT2D eigenvalue weighted by Gasteiger charge is -2.14. The van der Waals surface area contributed by atoms with Crippen LogP contribution in [0.4, 0.5) is 0 Å². The molecule has 0 bridgehead atoms. The second-order valence-electron chi connectivity index (χ2n) is 7.92. The van der Waals surface area contributed by atoms with E-state index in [1.54, 1.807) is 31.6 Å². The summed E-state index contributed by atoms with van der Waals surface area (Å²) >= 11 is 0. The predicted molar refractivity (Wildman–Crippen MR) is 128 cm³/mol. The van der Waals surface area contributed by atoms with E-state index in [9.17, 15) is 8.42 Å². The SMILES string of the molecule is CCc1cc(S(=O)(=O)N(C)C)ccc1-c1cnc2[nH]c(CCc3cc(OC)ccn3)nc2c1. The van der Waals surface area contributed by atoms with Crippen molar-refractivity contribution in [2.75, 3.05) is 21.2 Å². The topological polar surface area (TPSA) is 101 Å². The highest BCUT2D eigenvalue weighted by Crippen LogP contribution is 2.29. The van der Waals surface area contributed by atoms with E-state index in [-0.39, 0.29) is 4.90 Å². The second kappa shape index (κ2) is 9.29. The van der Waals surface area contributed by atoms with Crippen molar-refractivity contribution in [1.82, 2.24) is 24.2 Å². The van der Waals surface area contributed by atoms with Crippen molar-refractivity contribution in [2.24, 2.45) is 0 Å². The predicted octanol–water partition coefficient (Wildman–Crippen LogP) is 3.63. The number of nitrogens with zero attached hydrogens (tertiary/aromatic N) is 4. The standard InChI is InChI=1S/C24H27N5O3S/c1-5-16-12-20(33(30,31)29(2)3)7-8-21(16)17-13-22-24(26-15-17)28-23(27-22)9-6-18-14-19(32-4)10-11-25-18/h7-8,10-15H,5-6,9H2,1-4H3,(H,26,27,28). The monoisotopic (exact) mass is 465 g/mol. The van der Waals surface area contributed by atoms with Crippen molar-refractivity contribution in [2.45, 2.75) is 31.1 Å². The first-order chi connectivity index (χ1) is 15.8. The molecule has 9 heteroatoms. The molecule has 0 aliphatic heterocycles. The number of sulfonamides is 1. The Kier molecular flexibility index (Phi) is 6.44. The van der Waals surface area contributed by atoms with Crippen LogP contribution in [0.15, 0.2) is 53.7 Å². The smallest absolute Gasteiger partial charge is 0.242 e. The number of aromatic amines is 1. The van der Waals surface area contributed by atoms with Gasteiger partial charge in [0.15, 0.2) is 5.65 Å². The van der Waals surface area contributed by atoms with E-state index in [1.807, 2.05) is 31.2 Å². The van der Waals surface area contributed by atoms with Gasteiger partial charge in [-0.25, -0.2) is 22.7 Å². The maximum atomic E-state index is 12.5. The van der Waals surface area contributed by atoms with Crippen molar-refractivity contribution in [3.05, 3.63) is 65.9 Å². The highest BCUT2D eigenvalue weighted by atomic mass is 32.2. The third-order valence-corrected chi connectivity index (χ3v) is 7.39. The fraction of sp³-hybridized carbons (Fsp3) is 0.292. The van der Waals surface area contributed by atoms with Gasteiger partial charge in [0, 0.05) is 50.2 Å². The summed E-state index contributed by atoms with van der Waals surface area (Å²) in [6.07, 6.45) is 5.65. The van der Waals surface area contributed by atoms with E-state index in [4.69, 9.17) is 9.72 Å². The minimum atomic E-state index is -3.49. The first kappa shape index (κ1) is 22.9. The molecule has 0 unspecified atom stereocenters. The van der Waals surface area contributed by atoms with Crippen LogP contribution in [0.1, 0.15) is 24.0 Å². The van der Waals surface area contributed by atoms with Crippen LogP contribution in [0, 0.1) is 0 Å². The summed E-state index contributed by atoms with van der Waals surface area (Å²) in [6, 6.07) is 11.0. The molecule has 0 spiro atoms. The van der Waals surface area contributed by atoms with Gasteiger partial charge in [-0.3, -0.25) is 4.98 Å². The number of benzene rings is 1. The van der Waals surface area contributed by atoms with Crippen LogP contribution in [0.25, 0.3) is 22.3 Å². The number of methoxy groups -OCH3 is 1. The third kappa shape index (κ3) is 4.74. The number of imidazole rings is 1. The van der Waals surface area contributed by atoms with E-state index in [2.05, 4.69) is 15.0 Å². The molecule has 0 aliphatic carbocycles. The van der Waals surface area contributed by atoms with Crippen LogP contribution in [-0.4, -0.2) is 53.9 Å². The first-order valence-corrected chi connectivity index (χ1v) is 12.1. The Morgan fingerprint density at radius 2 is 1.88 bits per heavy atom. The molecular weight excluding hydrogens is 438 g/mol. The Morgan fingerprint density at radius 1 is 1.06 bits per heavy atom. The number of nitrogens with one attached hydrogen (secondary N) is 1. The van der Waals surface area contributed by atoms with Crippen LogP contribution >= 0.6 is 0 Å². The second-order valence-corrected chi connectivity index (χ2v) is 10.1. The van der Waals surface area contributed by atoms with Crippen LogP contribution in [0.5, 0.6) is 5.75 Å². The molecule has 33 heavy (non-hydrogen) atoms. The molecule has 172 valence electrons. The molecule has 0 radical (unpaired) electrons. The van der Waals surface area contributed by atoms with Gasteiger partial charge in [-0.15, -0.1) is 0 Å².